The van der Waals surface area contributed by atoms with Gasteiger partial charge in [-0.2, -0.15) is 0 Å². The zero-order valence-electron chi connectivity index (χ0n) is 16.7. The largest absolute Gasteiger partial charge is 0.490 e. The standard InChI is InChI=1S/C22H33N3O2/c1-16-3-4-17(2)21(15-16)27-20-9-13-25(14-10-20)22(26)23-18-7-11-24(12-8-18)19-5-6-19/h3-4,15,18-20H,5-14H2,1-2H3,(H,23,26). The van der Waals surface area contributed by atoms with E-state index in [1.165, 1.54) is 24.0 Å². The molecule has 5 nitrogen and oxygen atoms in total. The van der Waals surface area contributed by atoms with Crippen LogP contribution in [0, 0.1) is 13.8 Å². The van der Waals surface area contributed by atoms with Gasteiger partial charge in [0.1, 0.15) is 11.9 Å². The molecule has 3 fully saturated rings. The molecule has 27 heavy (non-hydrogen) atoms. The first-order valence-corrected chi connectivity index (χ1v) is 10.6. The third-order valence-electron chi connectivity index (χ3n) is 6.29. The van der Waals surface area contributed by atoms with Crippen molar-refractivity contribution in [3.05, 3.63) is 29.3 Å². The SMILES string of the molecule is Cc1ccc(C)c(OC2CCN(C(=O)NC3CCN(C4CC4)CC3)CC2)c1. The summed E-state index contributed by atoms with van der Waals surface area (Å²) < 4.78 is 6.22. The fraction of sp³-hybridized carbons (Fsp3) is 0.682. The van der Waals surface area contributed by atoms with Gasteiger partial charge >= 0.3 is 6.03 Å². The highest BCUT2D eigenvalue weighted by molar-refractivity contribution is 5.74. The highest BCUT2D eigenvalue weighted by Crippen LogP contribution is 2.29. The van der Waals surface area contributed by atoms with Gasteiger partial charge in [-0.25, -0.2) is 4.79 Å². The summed E-state index contributed by atoms with van der Waals surface area (Å²) in [7, 11) is 0. The van der Waals surface area contributed by atoms with Crippen LogP contribution in [0.15, 0.2) is 18.2 Å². The van der Waals surface area contributed by atoms with E-state index < -0.39 is 0 Å². The van der Waals surface area contributed by atoms with E-state index in [1.54, 1.807) is 0 Å². The number of ether oxygens (including phenoxy) is 1. The fourth-order valence-electron chi connectivity index (χ4n) is 4.31. The van der Waals surface area contributed by atoms with Crippen LogP contribution in [0.1, 0.15) is 49.7 Å². The molecule has 0 spiro atoms. The normalized spacial score (nSPS) is 22.7. The molecule has 0 radical (unpaired) electrons. The molecule has 0 aromatic heterocycles. The lowest BCUT2D eigenvalue weighted by Crippen LogP contribution is -2.52. The second kappa shape index (κ2) is 8.09. The van der Waals surface area contributed by atoms with E-state index in [4.69, 9.17) is 4.74 Å². The number of amides is 2. The van der Waals surface area contributed by atoms with Crippen LogP contribution in [-0.2, 0) is 0 Å². The first kappa shape index (κ1) is 18.6. The summed E-state index contributed by atoms with van der Waals surface area (Å²) in [5.41, 5.74) is 2.40. The van der Waals surface area contributed by atoms with Crippen LogP contribution < -0.4 is 10.1 Å². The Bertz CT molecular complexity index is 658. The molecule has 2 saturated heterocycles. The Hall–Kier alpha value is -1.75. The minimum atomic E-state index is 0.116. The van der Waals surface area contributed by atoms with Gasteiger partial charge < -0.3 is 19.9 Å². The molecule has 148 valence electrons. The summed E-state index contributed by atoms with van der Waals surface area (Å²) in [5.74, 6) is 0.986. The molecular formula is C22H33N3O2. The third-order valence-corrected chi connectivity index (χ3v) is 6.29. The van der Waals surface area contributed by atoms with Crippen LogP contribution in [-0.4, -0.2) is 60.2 Å². The first-order valence-electron chi connectivity index (χ1n) is 10.6. The monoisotopic (exact) mass is 371 g/mol. The Balaban J connectivity index is 1.20. The van der Waals surface area contributed by atoms with E-state index in [2.05, 4.69) is 42.3 Å². The molecule has 2 heterocycles. The van der Waals surface area contributed by atoms with Crippen LogP contribution in [0.3, 0.4) is 0 Å². The smallest absolute Gasteiger partial charge is 0.317 e. The van der Waals surface area contributed by atoms with Crippen LogP contribution in [0.25, 0.3) is 0 Å². The molecule has 1 saturated carbocycles. The van der Waals surface area contributed by atoms with Gasteiger partial charge in [-0.15, -0.1) is 0 Å². The summed E-state index contributed by atoms with van der Waals surface area (Å²) in [6.07, 6.45) is 6.94. The molecule has 5 heteroatoms. The number of nitrogens with zero attached hydrogens (tertiary/aromatic N) is 2. The van der Waals surface area contributed by atoms with Crippen molar-refractivity contribution < 1.29 is 9.53 Å². The lowest BCUT2D eigenvalue weighted by Gasteiger charge is -2.36. The van der Waals surface area contributed by atoms with Gasteiger partial charge in [-0.1, -0.05) is 12.1 Å². The van der Waals surface area contributed by atoms with E-state index in [-0.39, 0.29) is 12.1 Å². The molecule has 2 aliphatic heterocycles. The van der Waals surface area contributed by atoms with Crippen LogP contribution in [0.5, 0.6) is 5.75 Å². The Kier molecular flexibility index (Phi) is 5.58. The number of nitrogens with one attached hydrogen (secondary N) is 1. The van der Waals surface area contributed by atoms with Crippen molar-refractivity contribution >= 4 is 6.03 Å². The molecule has 1 N–H and O–H groups in total. The number of rotatable bonds is 4. The van der Waals surface area contributed by atoms with Crippen LogP contribution in [0.4, 0.5) is 4.79 Å². The van der Waals surface area contributed by atoms with E-state index in [9.17, 15) is 4.79 Å². The van der Waals surface area contributed by atoms with Gasteiger partial charge in [-0.3, -0.25) is 0 Å². The summed E-state index contributed by atoms with van der Waals surface area (Å²) in [4.78, 5) is 17.2. The van der Waals surface area contributed by atoms with Crippen molar-refractivity contribution in [2.75, 3.05) is 26.2 Å². The maximum Gasteiger partial charge on any atom is 0.317 e. The lowest BCUT2D eigenvalue weighted by molar-refractivity contribution is 0.107. The number of likely N-dealkylation sites (tertiary alicyclic amines) is 2. The maximum atomic E-state index is 12.6. The summed E-state index contributed by atoms with van der Waals surface area (Å²) >= 11 is 0. The average molecular weight is 372 g/mol. The van der Waals surface area contributed by atoms with Crippen molar-refractivity contribution in [2.24, 2.45) is 0 Å². The van der Waals surface area contributed by atoms with Crippen molar-refractivity contribution in [1.82, 2.24) is 15.1 Å². The number of hydrogen-bond acceptors (Lipinski definition) is 3. The summed E-state index contributed by atoms with van der Waals surface area (Å²) in [6.45, 7) is 8.02. The molecule has 1 aromatic rings. The van der Waals surface area contributed by atoms with E-state index in [0.717, 1.165) is 63.7 Å². The van der Waals surface area contributed by atoms with Crippen LogP contribution in [0.2, 0.25) is 0 Å². The molecule has 2 amide bonds. The molecular weight excluding hydrogens is 338 g/mol. The molecule has 0 bridgehead atoms. The number of carbonyl (C=O) groups is 1. The van der Waals surface area contributed by atoms with Crippen molar-refractivity contribution in [3.63, 3.8) is 0 Å². The first-order chi connectivity index (χ1) is 13.1. The maximum absolute atomic E-state index is 12.6. The molecule has 3 aliphatic rings. The quantitative estimate of drug-likeness (QED) is 0.881. The van der Waals surface area contributed by atoms with Gasteiger partial charge in [0.15, 0.2) is 0 Å². The number of carbonyl (C=O) groups excluding carboxylic acids is 1. The molecule has 1 aromatic carbocycles. The van der Waals surface area contributed by atoms with Gasteiger partial charge in [0.2, 0.25) is 0 Å². The van der Waals surface area contributed by atoms with Crippen molar-refractivity contribution in [3.8, 4) is 5.75 Å². The average Bonchev–Trinajstić information content (AvgIpc) is 3.51. The van der Waals surface area contributed by atoms with Gasteiger partial charge in [0, 0.05) is 51.1 Å². The fourth-order valence-corrected chi connectivity index (χ4v) is 4.31. The Labute approximate surface area is 163 Å². The molecule has 0 unspecified atom stereocenters. The minimum Gasteiger partial charge on any atom is -0.490 e. The number of aryl methyl sites for hydroxylation is 2. The number of urea groups is 1. The zero-order valence-corrected chi connectivity index (χ0v) is 16.7. The highest BCUT2D eigenvalue weighted by atomic mass is 16.5. The second-order valence-electron chi connectivity index (χ2n) is 8.56. The molecule has 0 atom stereocenters. The number of hydrogen-bond donors (Lipinski definition) is 1. The lowest BCUT2D eigenvalue weighted by atomic mass is 10.0. The van der Waals surface area contributed by atoms with Gasteiger partial charge in [0.05, 0.1) is 0 Å². The minimum absolute atomic E-state index is 0.116. The highest BCUT2D eigenvalue weighted by Gasteiger charge is 2.33. The second-order valence-corrected chi connectivity index (χ2v) is 8.56. The third kappa shape index (κ3) is 4.75. The molecule has 4 rings (SSSR count). The van der Waals surface area contributed by atoms with Crippen LogP contribution >= 0.6 is 0 Å². The molecule has 1 aliphatic carbocycles. The Morgan fingerprint density at radius 2 is 1.70 bits per heavy atom. The van der Waals surface area contributed by atoms with Gasteiger partial charge in [0.25, 0.3) is 0 Å². The number of piperidine rings is 2. The van der Waals surface area contributed by atoms with Gasteiger partial charge in [-0.05, 0) is 56.7 Å². The summed E-state index contributed by atoms with van der Waals surface area (Å²) in [5, 5.41) is 3.27. The van der Waals surface area contributed by atoms with E-state index >= 15 is 0 Å². The topological polar surface area (TPSA) is 44.8 Å². The summed E-state index contributed by atoms with van der Waals surface area (Å²) in [6, 6.07) is 7.65. The van der Waals surface area contributed by atoms with Crippen molar-refractivity contribution in [2.45, 2.75) is 70.6 Å². The van der Waals surface area contributed by atoms with E-state index in [1.807, 2.05) is 4.90 Å². The predicted octanol–water partition coefficient (Wildman–Crippen LogP) is 3.48. The zero-order chi connectivity index (χ0) is 18.8. The Morgan fingerprint density at radius 3 is 2.37 bits per heavy atom. The van der Waals surface area contributed by atoms with Crippen molar-refractivity contribution in [1.29, 1.82) is 0 Å². The number of benzene rings is 1. The predicted molar refractivity (Wildman–Crippen MR) is 107 cm³/mol. The Morgan fingerprint density at radius 1 is 1.00 bits per heavy atom. The van der Waals surface area contributed by atoms with E-state index in [0.29, 0.717) is 6.04 Å².